The van der Waals surface area contributed by atoms with Crippen LogP contribution in [0.2, 0.25) is 0 Å². The summed E-state index contributed by atoms with van der Waals surface area (Å²) in [5, 5.41) is 2.99. The van der Waals surface area contributed by atoms with Crippen LogP contribution < -0.4 is 15.1 Å². The van der Waals surface area contributed by atoms with E-state index in [0.29, 0.717) is 23.8 Å². The zero-order valence-corrected chi connectivity index (χ0v) is 20.1. The summed E-state index contributed by atoms with van der Waals surface area (Å²) < 4.78 is 33.4. The number of pyridine rings is 2. The fourth-order valence-corrected chi connectivity index (χ4v) is 5.02. The molecule has 36 heavy (non-hydrogen) atoms. The summed E-state index contributed by atoms with van der Waals surface area (Å²) in [6.07, 6.45) is 5.37. The Balaban J connectivity index is 1.33. The molecular weight excluding hydrogens is 466 g/mol. The van der Waals surface area contributed by atoms with E-state index in [1.165, 1.54) is 6.39 Å². The predicted octanol–water partition coefficient (Wildman–Crippen LogP) is 4.70. The topological polar surface area (TPSA) is 87.4 Å². The molecule has 5 heterocycles. The minimum absolute atomic E-state index is 0.163. The molecule has 0 bridgehead atoms. The molecule has 6 rings (SSSR count). The van der Waals surface area contributed by atoms with E-state index in [1.54, 1.807) is 0 Å². The van der Waals surface area contributed by atoms with E-state index in [-0.39, 0.29) is 43.5 Å². The number of nitrogens with zero attached hydrogens (tertiary/aromatic N) is 5. The van der Waals surface area contributed by atoms with Crippen LogP contribution in [-0.2, 0) is 13.0 Å². The van der Waals surface area contributed by atoms with Gasteiger partial charge in [-0.05, 0) is 43.0 Å². The van der Waals surface area contributed by atoms with Gasteiger partial charge in [0.1, 0.15) is 11.6 Å². The van der Waals surface area contributed by atoms with Crippen LogP contribution in [0.25, 0.3) is 0 Å². The molecule has 3 aliphatic rings. The largest absolute Gasteiger partial charge is 0.447 e. The van der Waals surface area contributed by atoms with Crippen LogP contribution in [0.1, 0.15) is 64.7 Å². The van der Waals surface area contributed by atoms with Crippen molar-refractivity contribution in [3.8, 4) is 0 Å². The van der Waals surface area contributed by atoms with Gasteiger partial charge in [0.2, 0.25) is 0 Å². The van der Waals surface area contributed by atoms with Crippen molar-refractivity contribution < 1.29 is 18.0 Å². The Morgan fingerprint density at radius 1 is 1.17 bits per heavy atom. The number of halogens is 2. The molecule has 10 heteroatoms. The van der Waals surface area contributed by atoms with E-state index in [2.05, 4.69) is 26.3 Å². The zero-order valence-electron chi connectivity index (χ0n) is 20.1. The van der Waals surface area contributed by atoms with Crippen molar-refractivity contribution in [3.63, 3.8) is 0 Å². The smallest absolute Gasteiger partial charge is 0.278 e. The van der Waals surface area contributed by atoms with Gasteiger partial charge < -0.3 is 19.5 Å². The van der Waals surface area contributed by atoms with Gasteiger partial charge in [0.15, 0.2) is 17.9 Å². The average Bonchev–Trinajstić information content (AvgIpc) is 3.60. The standard InChI is InChI=1S/C26H28F2N6O2/c1-16-13-20(34-10-6-19-18(14-34)3-2-9-29-19)31-24(33-11-7-26(27,28)8-12-33)21(16)32-25(35)22-23(17-4-5-17)36-15-30-22/h2-3,9,13,15,17H,4-8,10-12,14H2,1H3,(H,32,35). The summed E-state index contributed by atoms with van der Waals surface area (Å²) in [6, 6.07) is 5.95. The van der Waals surface area contributed by atoms with Gasteiger partial charge >= 0.3 is 0 Å². The maximum atomic E-state index is 14.0. The second-order valence-electron chi connectivity index (χ2n) is 9.91. The fourth-order valence-electron chi connectivity index (χ4n) is 5.02. The second kappa shape index (κ2) is 8.83. The van der Waals surface area contributed by atoms with Crippen LogP contribution in [0.4, 0.5) is 26.1 Å². The Bertz CT molecular complexity index is 1300. The number of nitrogens with one attached hydrogen (secondary N) is 1. The molecule has 0 unspecified atom stereocenters. The number of oxazole rings is 1. The molecule has 0 radical (unpaired) electrons. The van der Waals surface area contributed by atoms with Crippen molar-refractivity contribution >= 4 is 23.2 Å². The summed E-state index contributed by atoms with van der Waals surface area (Å²) in [6.45, 7) is 3.66. The summed E-state index contributed by atoms with van der Waals surface area (Å²) in [7, 11) is 0. The first kappa shape index (κ1) is 22.9. The second-order valence-corrected chi connectivity index (χ2v) is 9.91. The molecule has 0 aromatic carbocycles. The molecule has 188 valence electrons. The molecular formula is C26H28F2N6O2. The third-order valence-electron chi connectivity index (χ3n) is 7.26. The molecule has 8 nitrogen and oxygen atoms in total. The number of alkyl halides is 2. The van der Waals surface area contributed by atoms with E-state index in [1.807, 2.05) is 30.2 Å². The summed E-state index contributed by atoms with van der Waals surface area (Å²) in [5.41, 5.74) is 3.86. The molecule has 1 N–H and O–H groups in total. The van der Waals surface area contributed by atoms with E-state index >= 15 is 0 Å². The van der Waals surface area contributed by atoms with Gasteiger partial charge in [-0.25, -0.2) is 18.7 Å². The van der Waals surface area contributed by atoms with Crippen molar-refractivity contribution in [2.24, 2.45) is 0 Å². The highest BCUT2D eigenvalue weighted by atomic mass is 19.3. The lowest BCUT2D eigenvalue weighted by Gasteiger charge is -2.35. The Hall–Kier alpha value is -3.56. The predicted molar refractivity (Wildman–Crippen MR) is 131 cm³/mol. The first-order chi connectivity index (χ1) is 17.4. The third kappa shape index (κ3) is 4.40. The number of fused-ring (bicyclic) bond motifs is 1. The SMILES string of the molecule is Cc1cc(N2CCc3ncccc3C2)nc(N2CCC(F)(F)CC2)c1NC(=O)c1ncoc1C1CC1. The van der Waals surface area contributed by atoms with Gasteiger partial charge in [-0.1, -0.05) is 6.07 Å². The van der Waals surface area contributed by atoms with Crippen LogP contribution in [0.5, 0.6) is 0 Å². The highest BCUT2D eigenvalue weighted by molar-refractivity contribution is 6.05. The Morgan fingerprint density at radius 2 is 1.97 bits per heavy atom. The van der Waals surface area contributed by atoms with Crippen molar-refractivity contribution in [1.29, 1.82) is 0 Å². The quantitative estimate of drug-likeness (QED) is 0.550. The van der Waals surface area contributed by atoms with Crippen molar-refractivity contribution in [2.45, 2.75) is 57.4 Å². The first-order valence-electron chi connectivity index (χ1n) is 12.4. The number of hydrogen-bond acceptors (Lipinski definition) is 7. The summed E-state index contributed by atoms with van der Waals surface area (Å²) in [4.78, 5) is 30.8. The minimum atomic E-state index is -2.68. The molecule has 1 aliphatic carbocycles. The van der Waals surface area contributed by atoms with E-state index in [4.69, 9.17) is 9.40 Å². The molecule has 2 fully saturated rings. The number of anilines is 3. The minimum Gasteiger partial charge on any atom is -0.447 e. The van der Waals surface area contributed by atoms with Gasteiger partial charge in [-0.15, -0.1) is 0 Å². The van der Waals surface area contributed by atoms with Crippen LogP contribution in [0, 0.1) is 6.92 Å². The van der Waals surface area contributed by atoms with E-state index < -0.39 is 5.92 Å². The molecule has 1 amide bonds. The summed E-state index contributed by atoms with van der Waals surface area (Å²) >= 11 is 0. The van der Waals surface area contributed by atoms with Crippen LogP contribution in [-0.4, -0.2) is 46.4 Å². The molecule has 3 aromatic heterocycles. The van der Waals surface area contributed by atoms with Gasteiger partial charge in [-0.3, -0.25) is 9.78 Å². The van der Waals surface area contributed by atoms with E-state index in [0.717, 1.165) is 48.4 Å². The van der Waals surface area contributed by atoms with Crippen molar-refractivity contribution in [3.05, 3.63) is 59.1 Å². The Morgan fingerprint density at radius 3 is 2.75 bits per heavy atom. The van der Waals surface area contributed by atoms with E-state index in [9.17, 15) is 13.6 Å². The summed E-state index contributed by atoms with van der Waals surface area (Å²) in [5.74, 6) is -0.944. The molecule has 1 saturated carbocycles. The number of amides is 1. The number of rotatable bonds is 5. The lowest BCUT2D eigenvalue weighted by Crippen LogP contribution is -2.40. The lowest BCUT2D eigenvalue weighted by atomic mass is 10.0. The number of hydrogen-bond donors (Lipinski definition) is 1. The van der Waals surface area contributed by atoms with Crippen molar-refractivity contribution in [2.75, 3.05) is 34.8 Å². The first-order valence-corrected chi connectivity index (χ1v) is 12.4. The maximum absolute atomic E-state index is 14.0. The van der Waals surface area contributed by atoms with Crippen molar-refractivity contribution in [1.82, 2.24) is 15.0 Å². The zero-order chi connectivity index (χ0) is 24.9. The number of piperidine rings is 1. The number of aromatic nitrogens is 3. The monoisotopic (exact) mass is 494 g/mol. The highest BCUT2D eigenvalue weighted by Gasteiger charge is 2.37. The maximum Gasteiger partial charge on any atom is 0.278 e. The molecule has 2 aliphatic heterocycles. The third-order valence-corrected chi connectivity index (χ3v) is 7.26. The number of aryl methyl sites for hydroxylation is 1. The Kier molecular flexibility index (Phi) is 5.61. The molecule has 3 aromatic rings. The fraction of sp³-hybridized carbons (Fsp3) is 0.462. The molecule has 1 saturated heterocycles. The molecule has 0 atom stereocenters. The van der Waals surface area contributed by atoms with Gasteiger partial charge in [-0.2, -0.15) is 0 Å². The lowest BCUT2D eigenvalue weighted by molar-refractivity contribution is -0.0221. The average molecular weight is 495 g/mol. The van der Waals surface area contributed by atoms with Crippen LogP contribution >= 0.6 is 0 Å². The normalized spacial score (nSPS) is 19.2. The van der Waals surface area contributed by atoms with Gasteiger partial charge in [0.25, 0.3) is 11.8 Å². The number of carbonyl (C=O) groups is 1. The van der Waals surface area contributed by atoms with Crippen LogP contribution in [0.15, 0.2) is 35.2 Å². The highest BCUT2D eigenvalue weighted by Crippen LogP contribution is 2.42. The Labute approximate surface area is 207 Å². The van der Waals surface area contributed by atoms with Gasteiger partial charge in [0.05, 0.1) is 5.69 Å². The van der Waals surface area contributed by atoms with Gasteiger partial charge in [0, 0.05) is 63.3 Å². The number of carbonyl (C=O) groups excluding carboxylic acids is 1. The van der Waals surface area contributed by atoms with Crippen LogP contribution in [0.3, 0.4) is 0 Å². The molecule has 0 spiro atoms.